The highest BCUT2D eigenvalue weighted by atomic mass is 127. The minimum atomic E-state index is 0. The van der Waals surface area contributed by atoms with Gasteiger partial charge in [0.05, 0.1) is 26.7 Å². The maximum absolute atomic E-state index is 5.90. The first kappa shape index (κ1) is 29.2. The van der Waals surface area contributed by atoms with Crippen LogP contribution in [0.1, 0.15) is 117 Å². The Balaban J connectivity index is 0. The van der Waals surface area contributed by atoms with Crippen molar-refractivity contribution in [3.05, 3.63) is 0 Å². The molecule has 0 aromatic rings. The molecule has 0 saturated carbocycles. The van der Waals surface area contributed by atoms with Gasteiger partial charge in [-0.3, -0.25) is 0 Å². The fourth-order valence-corrected chi connectivity index (χ4v) is 4.01. The molecule has 0 radical (unpaired) electrons. The average molecular weight is 502 g/mol. The Kier molecular flexibility index (Phi) is 25.0. The van der Waals surface area contributed by atoms with E-state index in [-0.39, 0.29) is 24.0 Å². The summed E-state index contributed by atoms with van der Waals surface area (Å²) in [6.45, 7) is 8.69. The predicted molar refractivity (Wildman–Crippen MR) is 117 cm³/mol. The average Bonchev–Trinajstić information content (AvgIpc) is 2.60. The summed E-state index contributed by atoms with van der Waals surface area (Å²) in [7, 11) is 2.50. The summed E-state index contributed by atoms with van der Waals surface area (Å²) in [5, 5.41) is 0. The van der Waals surface area contributed by atoms with E-state index >= 15 is 0 Å². The molecular formula is C23H49ClIN. The lowest BCUT2D eigenvalue weighted by atomic mass is 10.1. The maximum Gasteiger partial charge on any atom is 0.0784 e. The van der Waals surface area contributed by atoms with Crippen LogP contribution in [-0.2, 0) is 0 Å². The van der Waals surface area contributed by atoms with Gasteiger partial charge in [-0.1, -0.05) is 78.1 Å². The third-order valence-electron chi connectivity index (χ3n) is 5.68. The van der Waals surface area contributed by atoms with Crippen molar-refractivity contribution in [2.45, 2.75) is 117 Å². The lowest BCUT2D eigenvalue weighted by Crippen LogP contribution is -3.00. The first-order valence-corrected chi connectivity index (χ1v) is 12.1. The van der Waals surface area contributed by atoms with Crippen molar-refractivity contribution in [2.75, 3.05) is 32.6 Å². The number of alkyl halides is 1. The molecule has 0 bridgehead atoms. The van der Waals surface area contributed by atoms with Gasteiger partial charge in [-0.15, -0.1) is 11.6 Å². The highest BCUT2D eigenvalue weighted by Gasteiger charge is 2.19. The minimum Gasteiger partial charge on any atom is -1.00 e. The molecule has 0 fully saturated rings. The molecule has 0 aliphatic carbocycles. The van der Waals surface area contributed by atoms with Gasteiger partial charge in [0.1, 0.15) is 0 Å². The van der Waals surface area contributed by atoms with Crippen molar-refractivity contribution < 1.29 is 28.5 Å². The molecule has 0 aromatic carbocycles. The Bertz CT molecular complexity index is 243. The Morgan fingerprint density at radius 3 is 1.15 bits per heavy atom. The third kappa shape index (κ3) is 19.7. The van der Waals surface area contributed by atoms with Gasteiger partial charge in [-0.2, -0.15) is 0 Å². The standard InChI is InChI=1S/C23H49ClN.HI/c1-4-6-8-10-12-14-17-21-25(3,23-19-16-20-24)22-18-15-13-11-9-7-5-2;/h4-23H2,1-3H3;1H/q+1;/p-1. The number of unbranched alkanes of at least 4 members (excludes halogenated alkanes) is 13. The molecule has 0 unspecified atom stereocenters. The molecule has 0 saturated heterocycles. The van der Waals surface area contributed by atoms with E-state index in [0.717, 1.165) is 5.88 Å². The highest BCUT2D eigenvalue weighted by Crippen LogP contribution is 2.15. The molecule has 3 heteroatoms. The second kappa shape index (κ2) is 22.3. The van der Waals surface area contributed by atoms with E-state index in [2.05, 4.69) is 20.9 Å². The third-order valence-corrected chi connectivity index (χ3v) is 5.95. The van der Waals surface area contributed by atoms with Crippen molar-refractivity contribution in [3.8, 4) is 0 Å². The molecule has 0 heterocycles. The molecule has 0 aliphatic heterocycles. The largest absolute Gasteiger partial charge is 1.00 e. The van der Waals surface area contributed by atoms with Crippen LogP contribution in [0.2, 0.25) is 0 Å². The van der Waals surface area contributed by atoms with E-state index in [9.17, 15) is 0 Å². The van der Waals surface area contributed by atoms with Crippen molar-refractivity contribution in [2.24, 2.45) is 0 Å². The summed E-state index contributed by atoms with van der Waals surface area (Å²) in [5.74, 6) is 0.828. The van der Waals surface area contributed by atoms with E-state index in [1.54, 1.807) is 0 Å². The molecule has 0 rings (SSSR count). The summed E-state index contributed by atoms with van der Waals surface area (Å²) in [6.07, 6.45) is 22.4. The number of rotatable bonds is 20. The molecule has 0 N–H and O–H groups in total. The molecule has 0 aromatic heterocycles. The van der Waals surface area contributed by atoms with Crippen molar-refractivity contribution in [3.63, 3.8) is 0 Å². The van der Waals surface area contributed by atoms with Crippen LogP contribution in [0.3, 0.4) is 0 Å². The summed E-state index contributed by atoms with van der Waals surface area (Å²) >= 11 is 5.90. The normalized spacial score (nSPS) is 11.5. The molecule has 26 heavy (non-hydrogen) atoms. The maximum atomic E-state index is 5.90. The quantitative estimate of drug-likeness (QED) is 0.0957. The topological polar surface area (TPSA) is 0 Å². The lowest BCUT2D eigenvalue weighted by Gasteiger charge is -2.35. The van der Waals surface area contributed by atoms with Gasteiger partial charge < -0.3 is 28.5 Å². The number of hydrogen-bond acceptors (Lipinski definition) is 0. The Morgan fingerprint density at radius 2 is 0.808 bits per heavy atom. The summed E-state index contributed by atoms with van der Waals surface area (Å²) < 4.78 is 1.29. The Labute approximate surface area is 188 Å². The Hall–Kier alpha value is 0.980. The zero-order chi connectivity index (χ0) is 18.6. The summed E-state index contributed by atoms with van der Waals surface area (Å²) in [4.78, 5) is 0. The summed E-state index contributed by atoms with van der Waals surface area (Å²) in [6, 6.07) is 0. The fraction of sp³-hybridized carbons (Fsp3) is 1.00. The van der Waals surface area contributed by atoms with Gasteiger partial charge in [0.15, 0.2) is 0 Å². The number of nitrogens with zero attached hydrogens (tertiary/aromatic N) is 1. The van der Waals surface area contributed by atoms with Crippen molar-refractivity contribution in [1.29, 1.82) is 0 Å². The zero-order valence-corrected chi connectivity index (χ0v) is 21.3. The number of quaternary nitrogens is 1. The van der Waals surface area contributed by atoms with E-state index in [1.165, 1.54) is 127 Å². The van der Waals surface area contributed by atoms with Gasteiger partial charge in [0, 0.05) is 5.88 Å². The van der Waals surface area contributed by atoms with E-state index in [4.69, 9.17) is 11.6 Å². The first-order valence-electron chi connectivity index (χ1n) is 11.6. The fourth-order valence-electron chi connectivity index (χ4n) is 3.82. The van der Waals surface area contributed by atoms with Crippen LogP contribution >= 0.6 is 11.6 Å². The SMILES string of the molecule is CCCCCCCCC[N+](C)(CCCCCl)CCCCCCCCC.[I-]. The van der Waals surface area contributed by atoms with Gasteiger partial charge in [0.2, 0.25) is 0 Å². The molecule has 0 aliphatic rings. The minimum absolute atomic E-state index is 0. The second-order valence-corrected chi connectivity index (χ2v) is 8.81. The predicted octanol–water partition coefficient (Wildman–Crippen LogP) is 4.96. The van der Waals surface area contributed by atoms with E-state index in [0.29, 0.717) is 0 Å². The molecule has 160 valence electrons. The van der Waals surface area contributed by atoms with Gasteiger partial charge in [-0.25, -0.2) is 0 Å². The van der Waals surface area contributed by atoms with Crippen LogP contribution < -0.4 is 24.0 Å². The zero-order valence-electron chi connectivity index (χ0n) is 18.3. The Morgan fingerprint density at radius 1 is 0.500 bits per heavy atom. The van der Waals surface area contributed by atoms with Crippen LogP contribution in [0.5, 0.6) is 0 Å². The van der Waals surface area contributed by atoms with E-state index in [1.807, 2.05) is 0 Å². The first-order chi connectivity index (χ1) is 12.2. The van der Waals surface area contributed by atoms with Crippen LogP contribution in [0.15, 0.2) is 0 Å². The summed E-state index contributed by atoms with van der Waals surface area (Å²) in [5.41, 5.74) is 0. The molecule has 0 amide bonds. The van der Waals surface area contributed by atoms with Crippen LogP contribution in [0.25, 0.3) is 0 Å². The monoisotopic (exact) mass is 501 g/mol. The smallest absolute Gasteiger partial charge is 0.0784 e. The van der Waals surface area contributed by atoms with Crippen molar-refractivity contribution >= 4 is 11.6 Å². The highest BCUT2D eigenvalue weighted by molar-refractivity contribution is 6.17. The number of hydrogen-bond donors (Lipinski definition) is 0. The molecule has 1 nitrogen and oxygen atoms in total. The van der Waals surface area contributed by atoms with E-state index < -0.39 is 0 Å². The van der Waals surface area contributed by atoms with Crippen molar-refractivity contribution in [1.82, 2.24) is 0 Å². The molecule has 0 atom stereocenters. The molecular weight excluding hydrogens is 453 g/mol. The van der Waals surface area contributed by atoms with Gasteiger partial charge in [-0.05, 0) is 38.5 Å². The lowest BCUT2D eigenvalue weighted by molar-refractivity contribution is -0.910. The van der Waals surface area contributed by atoms with Gasteiger partial charge >= 0.3 is 0 Å². The number of halogens is 2. The molecule has 0 spiro atoms. The second-order valence-electron chi connectivity index (χ2n) is 8.43. The van der Waals surface area contributed by atoms with Crippen LogP contribution in [0.4, 0.5) is 0 Å². The van der Waals surface area contributed by atoms with Crippen LogP contribution in [0, 0.1) is 0 Å². The van der Waals surface area contributed by atoms with Crippen LogP contribution in [-0.4, -0.2) is 37.0 Å². The van der Waals surface area contributed by atoms with Gasteiger partial charge in [0.25, 0.3) is 0 Å².